The van der Waals surface area contributed by atoms with Crippen LogP contribution >= 0.6 is 11.6 Å². The second-order valence-corrected chi connectivity index (χ2v) is 8.75. The summed E-state index contributed by atoms with van der Waals surface area (Å²) in [6.45, 7) is 6.06. The molecule has 0 amide bonds. The number of hydrogen-bond acceptors (Lipinski definition) is 3. The van der Waals surface area contributed by atoms with Gasteiger partial charge in [-0.1, -0.05) is 38.3 Å². The van der Waals surface area contributed by atoms with Crippen LogP contribution in [0.25, 0.3) is 0 Å². The van der Waals surface area contributed by atoms with Gasteiger partial charge in [-0.2, -0.15) is 0 Å². The van der Waals surface area contributed by atoms with Crippen molar-refractivity contribution in [1.82, 2.24) is 4.90 Å². The average Bonchev–Trinajstić information content (AvgIpc) is 2.99. The molecule has 3 atom stereocenters. The number of aromatic carboxylic acids is 1. The first-order valence-corrected chi connectivity index (χ1v) is 11.2. The molecule has 0 bridgehead atoms. The number of rotatable bonds is 12. The first-order chi connectivity index (χ1) is 13.4. The average molecular weight is 410 g/mol. The Bertz CT molecular complexity index is 622. The number of carbonyl (C=O) groups is 1. The predicted octanol–water partition coefficient (Wildman–Crippen LogP) is 5.03. The highest BCUT2D eigenvalue weighted by Gasteiger charge is 2.32. The third-order valence-electron chi connectivity index (χ3n) is 5.95. The van der Waals surface area contributed by atoms with E-state index in [0.717, 1.165) is 63.6 Å². The van der Waals surface area contributed by atoms with E-state index in [1.54, 1.807) is 6.07 Å². The number of aliphatic hydroxyl groups excluding tert-OH is 1. The normalized spacial score (nSPS) is 21.1. The lowest BCUT2D eigenvalue weighted by Crippen LogP contribution is -2.34. The van der Waals surface area contributed by atoms with Gasteiger partial charge < -0.3 is 10.2 Å². The molecule has 1 aromatic carbocycles. The fraction of sp³-hybridized carbons (Fsp3) is 0.696. The number of aliphatic hydroxyl groups is 1. The third-order valence-corrected chi connectivity index (χ3v) is 6.46. The summed E-state index contributed by atoms with van der Waals surface area (Å²) in [5, 5.41) is 19.5. The standard InChI is InChI=1S/C23H36ClNO3/c1-3-4-5-7-19(26)8-6-14-25-15-13-21(24)22(25)12-10-18-9-11-20(23(27)28)17(2)16-18/h9,11,16,19,21-22,26H,3-8,10,12-15H2,1-2H3,(H,27,28)/t19-,21-,22+/m1/s1. The maximum atomic E-state index is 11.2. The van der Waals surface area contributed by atoms with Crippen molar-refractivity contribution in [2.45, 2.75) is 89.2 Å². The van der Waals surface area contributed by atoms with Gasteiger partial charge in [-0.05, 0) is 75.7 Å². The van der Waals surface area contributed by atoms with E-state index in [4.69, 9.17) is 16.7 Å². The van der Waals surface area contributed by atoms with Gasteiger partial charge in [0.25, 0.3) is 0 Å². The van der Waals surface area contributed by atoms with Crippen LogP contribution in [-0.4, -0.2) is 51.7 Å². The predicted molar refractivity (Wildman–Crippen MR) is 115 cm³/mol. The largest absolute Gasteiger partial charge is 0.478 e. The highest BCUT2D eigenvalue weighted by molar-refractivity contribution is 6.21. The molecule has 0 saturated carbocycles. The van der Waals surface area contributed by atoms with E-state index in [1.807, 2.05) is 19.1 Å². The number of carboxylic acids is 1. The SMILES string of the molecule is CCCCC[C@@H](O)CCCN1CC[C@@H](Cl)[C@@H]1CCc1ccc(C(=O)O)c(C)c1. The smallest absolute Gasteiger partial charge is 0.335 e. The molecule has 28 heavy (non-hydrogen) atoms. The third kappa shape index (κ3) is 7.06. The zero-order valence-corrected chi connectivity index (χ0v) is 18.1. The van der Waals surface area contributed by atoms with E-state index < -0.39 is 5.97 Å². The minimum Gasteiger partial charge on any atom is -0.478 e. The molecule has 0 radical (unpaired) electrons. The van der Waals surface area contributed by atoms with Gasteiger partial charge >= 0.3 is 5.97 Å². The van der Waals surface area contributed by atoms with E-state index in [0.29, 0.717) is 11.6 Å². The Labute approximate surface area is 174 Å². The monoisotopic (exact) mass is 409 g/mol. The molecule has 2 N–H and O–H groups in total. The van der Waals surface area contributed by atoms with Gasteiger partial charge in [0.2, 0.25) is 0 Å². The van der Waals surface area contributed by atoms with Crippen molar-refractivity contribution in [3.8, 4) is 0 Å². The highest BCUT2D eigenvalue weighted by Crippen LogP contribution is 2.27. The summed E-state index contributed by atoms with van der Waals surface area (Å²) < 4.78 is 0. The highest BCUT2D eigenvalue weighted by atomic mass is 35.5. The fourth-order valence-electron chi connectivity index (χ4n) is 4.26. The molecule has 1 aromatic rings. The number of unbranched alkanes of at least 4 members (excludes halogenated alkanes) is 2. The molecule has 0 spiro atoms. The Kier molecular flexibility index (Phi) is 9.76. The Hall–Kier alpha value is -1.10. The number of hydrogen-bond donors (Lipinski definition) is 2. The zero-order valence-electron chi connectivity index (χ0n) is 17.4. The van der Waals surface area contributed by atoms with Crippen LogP contribution in [0.2, 0.25) is 0 Å². The first kappa shape index (κ1) is 23.2. The Morgan fingerprint density at radius 2 is 2.04 bits per heavy atom. The van der Waals surface area contributed by atoms with Crippen LogP contribution in [0, 0.1) is 6.92 Å². The van der Waals surface area contributed by atoms with Crippen molar-refractivity contribution >= 4 is 17.6 Å². The lowest BCUT2D eigenvalue weighted by molar-refractivity contribution is 0.0696. The van der Waals surface area contributed by atoms with Gasteiger partial charge in [-0.15, -0.1) is 11.6 Å². The molecular formula is C23H36ClNO3. The molecule has 1 saturated heterocycles. The number of likely N-dealkylation sites (tertiary alicyclic amines) is 1. The summed E-state index contributed by atoms with van der Waals surface area (Å²) in [6.07, 6.45) is 9.05. The molecule has 1 fully saturated rings. The number of aryl methyl sites for hydroxylation is 2. The molecule has 0 aromatic heterocycles. The Morgan fingerprint density at radius 1 is 1.29 bits per heavy atom. The van der Waals surface area contributed by atoms with Crippen LogP contribution in [0.4, 0.5) is 0 Å². The van der Waals surface area contributed by atoms with E-state index in [9.17, 15) is 9.90 Å². The number of carboxylic acid groups (broad SMARTS) is 1. The van der Waals surface area contributed by atoms with Gasteiger partial charge in [0.15, 0.2) is 0 Å². The number of alkyl halides is 1. The van der Waals surface area contributed by atoms with Crippen molar-refractivity contribution in [1.29, 1.82) is 0 Å². The van der Waals surface area contributed by atoms with Crippen molar-refractivity contribution in [2.24, 2.45) is 0 Å². The second kappa shape index (κ2) is 11.8. The quantitative estimate of drug-likeness (QED) is 0.375. The number of halogens is 1. The van der Waals surface area contributed by atoms with Crippen molar-refractivity contribution < 1.29 is 15.0 Å². The van der Waals surface area contributed by atoms with E-state index >= 15 is 0 Å². The second-order valence-electron chi connectivity index (χ2n) is 8.19. The maximum absolute atomic E-state index is 11.2. The van der Waals surface area contributed by atoms with E-state index in [2.05, 4.69) is 11.8 Å². The van der Waals surface area contributed by atoms with Crippen molar-refractivity contribution in [2.75, 3.05) is 13.1 Å². The fourth-order valence-corrected chi connectivity index (χ4v) is 4.64. The van der Waals surface area contributed by atoms with Crippen LogP contribution in [0.15, 0.2) is 18.2 Å². The summed E-state index contributed by atoms with van der Waals surface area (Å²) in [5.41, 5.74) is 2.36. The molecule has 5 heteroatoms. The van der Waals surface area contributed by atoms with Gasteiger partial charge in [0.05, 0.1) is 17.0 Å². The topological polar surface area (TPSA) is 60.8 Å². The van der Waals surface area contributed by atoms with Crippen LogP contribution in [0.3, 0.4) is 0 Å². The lowest BCUT2D eigenvalue weighted by atomic mass is 9.99. The maximum Gasteiger partial charge on any atom is 0.335 e. The lowest BCUT2D eigenvalue weighted by Gasteiger charge is -2.26. The molecule has 4 nitrogen and oxygen atoms in total. The minimum atomic E-state index is -0.872. The zero-order chi connectivity index (χ0) is 20.5. The van der Waals surface area contributed by atoms with Crippen LogP contribution in [0.5, 0.6) is 0 Å². The van der Waals surface area contributed by atoms with Gasteiger partial charge in [-0.3, -0.25) is 4.90 Å². The van der Waals surface area contributed by atoms with Gasteiger partial charge in [0, 0.05) is 6.04 Å². The van der Waals surface area contributed by atoms with Crippen molar-refractivity contribution in [3.05, 3.63) is 34.9 Å². The molecule has 1 aliphatic rings. The molecular weight excluding hydrogens is 374 g/mol. The summed E-state index contributed by atoms with van der Waals surface area (Å²) in [4.78, 5) is 13.6. The van der Waals surface area contributed by atoms with Crippen LogP contribution in [0.1, 0.15) is 79.8 Å². The summed E-state index contributed by atoms with van der Waals surface area (Å²) in [6, 6.07) is 5.97. The molecule has 0 unspecified atom stereocenters. The van der Waals surface area contributed by atoms with Crippen molar-refractivity contribution in [3.63, 3.8) is 0 Å². The molecule has 0 aliphatic carbocycles. The van der Waals surface area contributed by atoms with E-state index in [1.165, 1.54) is 18.4 Å². The molecule has 2 rings (SSSR count). The van der Waals surface area contributed by atoms with Crippen LogP contribution in [-0.2, 0) is 6.42 Å². The summed E-state index contributed by atoms with van der Waals surface area (Å²) in [7, 11) is 0. The Balaban J connectivity index is 1.79. The summed E-state index contributed by atoms with van der Waals surface area (Å²) >= 11 is 6.59. The van der Waals surface area contributed by atoms with Crippen LogP contribution < -0.4 is 0 Å². The molecule has 1 heterocycles. The van der Waals surface area contributed by atoms with Gasteiger partial charge in [0.1, 0.15) is 0 Å². The Morgan fingerprint density at radius 3 is 2.71 bits per heavy atom. The van der Waals surface area contributed by atoms with Gasteiger partial charge in [-0.25, -0.2) is 4.79 Å². The first-order valence-electron chi connectivity index (χ1n) is 10.8. The molecule has 158 valence electrons. The number of benzene rings is 1. The summed E-state index contributed by atoms with van der Waals surface area (Å²) in [5.74, 6) is -0.872. The molecule has 1 aliphatic heterocycles. The minimum absolute atomic E-state index is 0.171. The number of nitrogens with zero attached hydrogens (tertiary/aromatic N) is 1. The van der Waals surface area contributed by atoms with E-state index in [-0.39, 0.29) is 11.5 Å².